The number of nitrogens with one attached hydrogen (secondary N) is 1. The van der Waals surface area contributed by atoms with Crippen molar-refractivity contribution in [2.24, 2.45) is 11.8 Å². The lowest BCUT2D eigenvalue weighted by Gasteiger charge is -2.42. The molecule has 2 aromatic heterocycles. The van der Waals surface area contributed by atoms with Crippen LogP contribution in [0.5, 0.6) is 0 Å². The fourth-order valence-electron chi connectivity index (χ4n) is 6.98. The van der Waals surface area contributed by atoms with Crippen molar-refractivity contribution < 1.29 is 23.1 Å². The van der Waals surface area contributed by atoms with Gasteiger partial charge in [0.2, 0.25) is 11.9 Å². The normalized spacial score (nSPS) is 23.6. The van der Waals surface area contributed by atoms with Crippen LogP contribution >= 0.6 is 0 Å². The molecular weight excluding hydrogens is 540 g/mol. The van der Waals surface area contributed by atoms with Crippen LogP contribution in [0.25, 0.3) is 16.6 Å². The molecule has 4 heterocycles. The van der Waals surface area contributed by atoms with Crippen LogP contribution in [-0.4, -0.2) is 83.5 Å². The van der Waals surface area contributed by atoms with Gasteiger partial charge in [-0.05, 0) is 74.8 Å². The second kappa shape index (κ2) is 11.7. The zero-order valence-corrected chi connectivity index (χ0v) is 24.5. The van der Waals surface area contributed by atoms with Gasteiger partial charge in [0.25, 0.3) is 5.91 Å². The van der Waals surface area contributed by atoms with Gasteiger partial charge in [-0.15, -0.1) is 0 Å². The van der Waals surface area contributed by atoms with Gasteiger partial charge in [0.15, 0.2) is 0 Å². The van der Waals surface area contributed by atoms with E-state index >= 15 is 4.39 Å². The van der Waals surface area contributed by atoms with E-state index in [2.05, 4.69) is 15.2 Å². The summed E-state index contributed by atoms with van der Waals surface area (Å²) in [4.78, 5) is 34.0. The van der Waals surface area contributed by atoms with Gasteiger partial charge in [-0.2, -0.15) is 4.39 Å². The Kier molecular flexibility index (Phi) is 8.02. The molecule has 2 amide bonds. The van der Waals surface area contributed by atoms with Crippen LogP contribution < -0.4 is 5.32 Å². The molecule has 3 aromatic rings. The van der Waals surface area contributed by atoms with Crippen molar-refractivity contribution in [3.05, 3.63) is 59.2 Å². The molecule has 42 heavy (non-hydrogen) atoms. The Bertz CT molecular complexity index is 1490. The lowest BCUT2D eigenvalue weighted by atomic mass is 9.80. The predicted molar refractivity (Wildman–Crippen MR) is 155 cm³/mol. The quantitative estimate of drug-likeness (QED) is 0.469. The third kappa shape index (κ3) is 5.42. The molecule has 1 N–H and O–H groups in total. The van der Waals surface area contributed by atoms with Crippen LogP contribution in [-0.2, 0) is 9.53 Å². The number of rotatable bonds is 6. The SMILES string of the molecule is CNC(=O)C1CCC(CN2CC(c3cc(-c4ccc(F)cc4C(=O)N4CCOC[C@H]4C)c4c(F)nc(C)n4c3)C2)CC1. The number of nitrogens with zero attached hydrogens (tertiary/aromatic N) is 4. The number of halogens is 2. The molecule has 1 atom stereocenters. The topological polar surface area (TPSA) is 79.2 Å². The largest absolute Gasteiger partial charge is 0.377 e. The number of hydrogen-bond acceptors (Lipinski definition) is 5. The molecule has 6 rings (SSSR count). The molecule has 0 unspecified atom stereocenters. The van der Waals surface area contributed by atoms with E-state index in [-0.39, 0.29) is 40.8 Å². The fraction of sp³-hybridized carbons (Fsp3) is 0.531. The van der Waals surface area contributed by atoms with E-state index in [1.807, 2.05) is 19.2 Å². The highest BCUT2D eigenvalue weighted by Crippen LogP contribution is 2.38. The van der Waals surface area contributed by atoms with E-state index < -0.39 is 11.8 Å². The molecular formula is C32H39F2N5O3. The molecule has 224 valence electrons. The van der Waals surface area contributed by atoms with Crippen molar-refractivity contribution in [2.45, 2.75) is 51.5 Å². The molecule has 0 bridgehead atoms. The first-order valence-electron chi connectivity index (χ1n) is 15.0. The van der Waals surface area contributed by atoms with E-state index in [0.29, 0.717) is 42.6 Å². The summed E-state index contributed by atoms with van der Waals surface area (Å²) in [6.45, 7) is 7.71. The molecule has 0 radical (unpaired) electrons. The van der Waals surface area contributed by atoms with Gasteiger partial charge in [-0.25, -0.2) is 9.37 Å². The summed E-state index contributed by atoms with van der Waals surface area (Å²) >= 11 is 0. The van der Waals surface area contributed by atoms with Gasteiger partial charge in [0.05, 0.1) is 24.8 Å². The second-order valence-corrected chi connectivity index (χ2v) is 12.2. The van der Waals surface area contributed by atoms with Gasteiger partial charge in [-0.1, -0.05) is 6.07 Å². The van der Waals surface area contributed by atoms with Crippen LogP contribution in [0.15, 0.2) is 30.5 Å². The van der Waals surface area contributed by atoms with E-state index in [9.17, 15) is 14.0 Å². The smallest absolute Gasteiger partial charge is 0.254 e. The van der Waals surface area contributed by atoms with Gasteiger partial charge < -0.3 is 24.3 Å². The zero-order chi connectivity index (χ0) is 29.5. The molecule has 1 aliphatic carbocycles. The maximum absolute atomic E-state index is 15.3. The van der Waals surface area contributed by atoms with Gasteiger partial charge in [0.1, 0.15) is 17.2 Å². The Morgan fingerprint density at radius 1 is 1.10 bits per heavy atom. The lowest BCUT2D eigenvalue weighted by molar-refractivity contribution is -0.125. The Labute approximate surface area is 245 Å². The summed E-state index contributed by atoms with van der Waals surface area (Å²) < 4.78 is 37.1. The van der Waals surface area contributed by atoms with Crippen molar-refractivity contribution in [3.8, 4) is 11.1 Å². The Morgan fingerprint density at radius 2 is 1.86 bits per heavy atom. The monoisotopic (exact) mass is 579 g/mol. The van der Waals surface area contributed by atoms with E-state index in [1.54, 1.807) is 29.3 Å². The van der Waals surface area contributed by atoms with Gasteiger partial charge in [-0.3, -0.25) is 9.59 Å². The van der Waals surface area contributed by atoms with Crippen LogP contribution in [0.2, 0.25) is 0 Å². The molecule has 3 aliphatic rings. The highest BCUT2D eigenvalue weighted by molar-refractivity contribution is 6.03. The number of amides is 2. The number of likely N-dealkylation sites (tertiary alicyclic amines) is 1. The molecule has 3 fully saturated rings. The Hall–Kier alpha value is -3.37. The van der Waals surface area contributed by atoms with Gasteiger partial charge >= 0.3 is 0 Å². The number of ether oxygens (including phenoxy) is 1. The van der Waals surface area contributed by atoms with Crippen molar-refractivity contribution >= 4 is 17.3 Å². The number of carbonyl (C=O) groups excluding carboxylic acids is 2. The first kappa shape index (κ1) is 28.7. The van der Waals surface area contributed by atoms with E-state index in [4.69, 9.17) is 4.74 Å². The Morgan fingerprint density at radius 3 is 2.57 bits per heavy atom. The van der Waals surface area contributed by atoms with Crippen molar-refractivity contribution in [2.75, 3.05) is 46.4 Å². The average Bonchev–Trinajstić information content (AvgIpc) is 3.26. The van der Waals surface area contributed by atoms with Crippen molar-refractivity contribution in [1.29, 1.82) is 0 Å². The highest BCUT2D eigenvalue weighted by Gasteiger charge is 2.34. The summed E-state index contributed by atoms with van der Waals surface area (Å²) in [6, 6.07) is 5.97. The first-order chi connectivity index (χ1) is 20.2. The molecule has 1 aromatic carbocycles. The zero-order valence-electron chi connectivity index (χ0n) is 24.5. The third-order valence-corrected chi connectivity index (χ3v) is 9.43. The number of imidazole rings is 1. The summed E-state index contributed by atoms with van der Waals surface area (Å²) in [5, 5.41) is 2.78. The van der Waals surface area contributed by atoms with Crippen molar-refractivity contribution in [3.63, 3.8) is 0 Å². The molecule has 2 aliphatic heterocycles. The predicted octanol–water partition coefficient (Wildman–Crippen LogP) is 4.40. The van der Waals surface area contributed by atoms with Crippen LogP contribution in [0.4, 0.5) is 8.78 Å². The van der Waals surface area contributed by atoms with E-state index in [0.717, 1.165) is 50.9 Å². The summed E-state index contributed by atoms with van der Waals surface area (Å²) in [5.41, 5.74) is 2.58. The Balaban J connectivity index is 1.26. The van der Waals surface area contributed by atoms with Crippen LogP contribution in [0.1, 0.15) is 60.3 Å². The number of aryl methyl sites for hydroxylation is 1. The summed E-state index contributed by atoms with van der Waals surface area (Å²) in [6.07, 6.45) is 5.96. The molecule has 8 nitrogen and oxygen atoms in total. The maximum Gasteiger partial charge on any atom is 0.254 e. The lowest BCUT2D eigenvalue weighted by Crippen LogP contribution is -2.47. The third-order valence-electron chi connectivity index (χ3n) is 9.43. The second-order valence-electron chi connectivity index (χ2n) is 12.2. The highest BCUT2D eigenvalue weighted by atomic mass is 19.1. The van der Waals surface area contributed by atoms with E-state index in [1.165, 1.54) is 12.1 Å². The minimum Gasteiger partial charge on any atom is -0.377 e. The number of benzene rings is 1. The van der Waals surface area contributed by atoms with Crippen LogP contribution in [0, 0.1) is 30.5 Å². The number of carbonyl (C=O) groups is 2. The van der Waals surface area contributed by atoms with Gasteiger partial charge in [0, 0.05) is 56.8 Å². The average molecular weight is 580 g/mol. The fourth-order valence-corrected chi connectivity index (χ4v) is 6.98. The summed E-state index contributed by atoms with van der Waals surface area (Å²) in [5.74, 6) is 0.227. The first-order valence-corrected chi connectivity index (χ1v) is 15.0. The number of hydrogen-bond donors (Lipinski definition) is 1. The number of fused-ring (bicyclic) bond motifs is 1. The molecule has 0 spiro atoms. The molecule has 2 saturated heterocycles. The number of aromatic nitrogens is 2. The molecule has 1 saturated carbocycles. The minimum atomic E-state index is -0.612. The number of pyridine rings is 1. The van der Waals surface area contributed by atoms with Crippen molar-refractivity contribution in [1.82, 2.24) is 24.5 Å². The summed E-state index contributed by atoms with van der Waals surface area (Å²) in [7, 11) is 1.70. The van der Waals surface area contributed by atoms with Crippen LogP contribution in [0.3, 0.4) is 0 Å². The molecule has 10 heteroatoms. The number of morpholine rings is 1. The minimum absolute atomic E-state index is 0.133. The maximum atomic E-state index is 15.3. The standard InChI is InChI=1S/C32H39F2N5O3/c1-19-18-42-11-10-38(19)32(41)28-13-25(33)8-9-26(28)27-12-23(17-39-20(2)36-30(34)29(27)39)24-15-37(16-24)14-21-4-6-22(7-5-21)31(40)35-3/h8-9,12-13,17,19,21-22,24H,4-7,10-11,14-16,18H2,1-3H3,(H,35,40)/t19-,21?,22?/m1/s1.